The van der Waals surface area contributed by atoms with E-state index in [1.54, 1.807) is 4.90 Å². The maximum absolute atomic E-state index is 13.6. The number of benzene rings is 2. The highest BCUT2D eigenvalue weighted by atomic mass is 16.5. The number of carboxylic acid groups (broad SMARTS) is 1. The normalized spacial score (nSPS) is 23.2. The number of carbonyl (C=O) groups is 3. The Hall–Kier alpha value is -3.35. The second kappa shape index (κ2) is 9.02. The number of hydrogen-bond acceptors (Lipinski definition) is 4. The smallest absolute Gasteiger partial charge is 0.407 e. The number of aliphatic carboxylic acids is 1. The van der Waals surface area contributed by atoms with Gasteiger partial charge in [-0.15, -0.1) is 0 Å². The van der Waals surface area contributed by atoms with Gasteiger partial charge < -0.3 is 20.1 Å². The first kappa shape index (κ1) is 23.4. The molecule has 2 aromatic rings. The number of fused-ring (bicyclic) bond motifs is 5. The van der Waals surface area contributed by atoms with Gasteiger partial charge in [-0.1, -0.05) is 62.4 Å². The first-order valence-corrected chi connectivity index (χ1v) is 12.5. The van der Waals surface area contributed by atoms with Crippen molar-refractivity contribution in [3.8, 4) is 11.1 Å². The molecule has 0 aromatic heterocycles. The van der Waals surface area contributed by atoms with Crippen LogP contribution in [0.25, 0.3) is 11.1 Å². The molecule has 1 aliphatic carbocycles. The van der Waals surface area contributed by atoms with Crippen LogP contribution in [0.5, 0.6) is 0 Å². The highest BCUT2D eigenvalue weighted by molar-refractivity contribution is 5.88. The molecule has 184 valence electrons. The molecule has 3 aliphatic rings. The Balaban J connectivity index is 1.28. The fourth-order valence-corrected chi connectivity index (χ4v) is 6.41. The molecule has 2 aliphatic heterocycles. The summed E-state index contributed by atoms with van der Waals surface area (Å²) in [7, 11) is 0. The third-order valence-corrected chi connectivity index (χ3v) is 8.03. The second-order valence-electron chi connectivity index (χ2n) is 10.4. The minimum atomic E-state index is -0.893. The molecule has 2 aromatic carbocycles. The zero-order chi connectivity index (χ0) is 24.7. The molecule has 7 heteroatoms. The van der Waals surface area contributed by atoms with Crippen LogP contribution < -0.4 is 5.32 Å². The molecular formula is C28H32N2O5. The average molecular weight is 477 g/mol. The number of nitrogens with zero attached hydrogens (tertiary/aromatic N) is 1. The molecule has 5 rings (SSSR count). The van der Waals surface area contributed by atoms with Gasteiger partial charge in [0, 0.05) is 12.0 Å². The Labute approximate surface area is 205 Å². The monoisotopic (exact) mass is 476 g/mol. The maximum Gasteiger partial charge on any atom is 0.407 e. The number of rotatable bonds is 7. The van der Waals surface area contributed by atoms with Gasteiger partial charge in [-0.05, 0) is 53.9 Å². The lowest BCUT2D eigenvalue weighted by atomic mass is 9.85. The number of alkyl carbamates (subject to hydrolysis) is 1. The summed E-state index contributed by atoms with van der Waals surface area (Å²) in [4.78, 5) is 39.8. The van der Waals surface area contributed by atoms with Crippen molar-refractivity contribution >= 4 is 18.0 Å². The van der Waals surface area contributed by atoms with Crippen LogP contribution in [0.1, 0.15) is 63.0 Å². The average Bonchev–Trinajstić information content (AvgIpc) is 3.47. The predicted molar refractivity (Wildman–Crippen MR) is 131 cm³/mol. The SMILES string of the molecule is CC(C)C(NC(=O)OCC1c2ccccc2-c2ccccc21)C(=O)N1C2CCC1(CC(=O)O)CC2. The van der Waals surface area contributed by atoms with Crippen molar-refractivity contribution < 1.29 is 24.2 Å². The Morgan fingerprint density at radius 3 is 2.14 bits per heavy atom. The molecule has 0 spiro atoms. The van der Waals surface area contributed by atoms with Crippen LogP contribution >= 0.6 is 0 Å². The maximum atomic E-state index is 13.6. The van der Waals surface area contributed by atoms with Crippen LogP contribution in [0.3, 0.4) is 0 Å². The van der Waals surface area contributed by atoms with Crippen LogP contribution in [0.4, 0.5) is 4.79 Å². The quantitative estimate of drug-likeness (QED) is 0.611. The molecular weight excluding hydrogens is 444 g/mol. The first-order chi connectivity index (χ1) is 16.8. The molecule has 1 unspecified atom stereocenters. The lowest BCUT2D eigenvalue weighted by Gasteiger charge is -2.37. The van der Waals surface area contributed by atoms with Gasteiger partial charge in [-0.2, -0.15) is 0 Å². The van der Waals surface area contributed by atoms with Crippen LogP contribution in [0.15, 0.2) is 48.5 Å². The van der Waals surface area contributed by atoms with Crippen LogP contribution in [0, 0.1) is 5.92 Å². The number of carboxylic acids is 1. The van der Waals surface area contributed by atoms with Crippen molar-refractivity contribution in [3.63, 3.8) is 0 Å². The Bertz CT molecular complexity index is 1110. The summed E-state index contributed by atoms with van der Waals surface area (Å²) in [6, 6.07) is 15.6. The first-order valence-electron chi connectivity index (χ1n) is 12.5. The molecule has 35 heavy (non-hydrogen) atoms. The summed E-state index contributed by atoms with van der Waals surface area (Å²) >= 11 is 0. The topological polar surface area (TPSA) is 95.9 Å². The third-order valence-electron chi connectivity index (χ3n) is 8.03. The van der Waals surface area contributed by atoms with Crippen molar-refractivity contribution in [2.24, 2.45) is 5.92 Å². The zero-order valence-electron chi connectivity index (χ0n) is 20.2. The number of hydrogen-bond donors (Lipinski definition) is 2. The van der Waals surface area contributed by atoms with Crippen molar-refractivity contribution in [3.05, 3.63) is 59.7 Å². The van der Waals surface area contributed by atoms with Gasteiger partial charge >= 0.3 is 12.1 Å². The molecule has 7 nitrogen and oxygen atoms in total. The van der Waals surface area contributed by atoms with Crippen molar-refractivity contribution in [2.45, 2.75) is 69.5 Å². The summed E-state index contributed by atoms with van der Waals surface area (Å²) in [5.41, 5.74) is 3.93. The van der Waals surface area contributed by atoms with E-state index >= 15 is 0 Å². The Morgan fingerprint density at radius 2 is 1.60 bits per heavy atom. The number of ether oxygens (including phenoxy) is 1. The fraction of sp³-hybridized carbons (Fsp3) is 0.464. The van der Waals surface area contributed by atoms with E-state index in [2.05, 4.69) is 29.6 Å². The fourth-order valence-electron chi connectivity index (χ4n) is 6.41. The lowest BCUT2D eigenvalue weighted by Crippen LogP contribution is -2.56. The molecule has 0 radical (unpaired) electrons. The molecule has 2 N–H and O–H groups in total. The third kappa shape index (κ3) is 4.07. The van der Waals surface area contributed by atoms with Gasteiger partial charge in [0.15, 0.2) is 0 Å². The summed E-state index contributed by atoms with van der Waals surface area (Å²) in [5, 5.41) is 12.3. The summed E-state index contributed by atoms with van der Waals surface area (Å²) < 4.78 is 5.68. The predicted octanol–water partition coefficient (Wildman–Crippen LogP) is 4.55. The highest BCUT2D eigenvalue weighted by Gasteiger charge is 2.56. The van der Waals surface area contributed by atoms with E-state index in [0.717, 1.165) is 35.1 Å². The highest BCUT2D eigenvalue weighted by Crippen LogP contribution is 2.49. The summed E-state index contributed by atoms with van der Waals surface area (Å²) in [6.07, 6.45) is 2.35. The molecule has 2 saturated heterocycles. The molecule has 2 amide bonds. The van der Waals surface area contributed by atoms with Crippen molar-refractivity contribution in [1.29, 1.82) is 0 Å². The van der Waals surface area contributed by atoms with Crippen LogP contribution in [-0.4, -0.2) is 52.2 Å². The van der Waals surface area contributed by atoms with Crippen molar-refractivity contribution in [2.75, 3.05) is 6.61 Å². The van der Waals surface area contributed by atoms with Crippen molar-refractivity contribution in [1.82, 2.24) is 10.2 Å². The second-order valence-corrected chi connectivity index (χ2v) is 10.4. The minimum absolute atomic E-state index is 0.0485. The van der Waals surface area contributed by atoms with Gasteiger partial charge in [0.25, 0.3) is 0 Å². The summed E-state index contributed by atoms with van der Waals surface area (Å²) in [6.45, 7) is 3.94. The number of carbonyl (C=O) groups excluding carboxylic acids is 2. The van der Waals surface area contributed by atoms with Crippen LogP contribution in [0.2, 0.25) is 0 Å². The van der Waals surface area contributed by atoms with Gasteiger partial charge in [0.05, 0.1) is 12.0 Å². The molecule has 0 saturated carbocycles. The zero-order valence-corrected chi connectivity index (χ0v) is 20.2. The lowest BCUT2D eigenvalue weighted by molar-refractivity contribution is -0.144. The van der Waals surface area contributed by atoms with Gasteiger partial charge in [-0.3, -0.25) is 9.59 Å². The Kier molecular flexibility index (Phi) is 6.03. The summed E-state index contributed by atoms with van der Waals surface area (Å²) in [5.74, 6) is -1.31. The van der Waals surface area contributed by atoms with E-state index in [1.165, 1.54) is 0 Å². The van der Waals surface area contributed by atoms with Gasteiger partial charge in [0.2, 0.25) is 5.91 Å². The molecule has 2 heterocycles. The molecule has 2 bridgehead atoms. The van der Waals surface area contributed by atoms with Crippen LogP contribution in [-0.2, 0) is 14.3 Å². The number of amides is 2. The van der Waals surface area contributed by atoms with E-state index in [-0.39, 0.29) is 36.8 Å². The molecule has 2 fully saturated rings. The van der Waals surface area contributed by atoms with E-state index in [9.17, 15) is 19.5 Å². The van der Waals surface area contributed by atoms with Gasteiger partial charge in [-0.25, -0.2) is 4.79 Å². The molecule has 1 atom stereocenters. The van der Waals surface area contributed by atoms with Gasteiger partial charge in [0.1, 0.15) is 12.6 Å². The number of nitrogens with one attached hydrogen (secondary N) is 1. The van der Waals surface area contributed by atoms with E-state index < -0.39 is 23.6 Å². The minimum Gasteiger partial charge on any atom is -0.481 e. The Morgan fingerprint density at radius 1 is 1.03 bits per heavy atom. The largest absolute Gasteiger partial charge is 0.481 e. The van der Waals surface area contributed by atoms with E-state index in [1.807, 2.05) is 38.1 Å². The van der Waals surface area contributed by atoms with E-state index in [4.69, 9.17) is 4.74 Å². The van der Waals surface area contributed by atoms with E-state index in [0.29, 0.717) is 12.8 Å². The standard InChI is InChI=1S/C28H32N2O5/c1-17(2)25(26(33)30-18-11-13-28(30,14-12-18)15-24(31)32)29-27(34)35-16-23-21-9-5-3-7-19(21)20-8-4-6-10-22(20)23/h3-10,17-18,23,25H,11-16H2,1-2H3,(H,29,34)(H,31,32).